The Labute approximate surface area is 130 Å². The summed E-state index contributed by atoms with van der Waals surface area (Å²) < 4.78 is 13.8. The molecule has 19 heavy (non-hydrogen) atoms. The summed E-state index contributed by atoms with van der Waals surface area (Å²) in [5.41, 5.74) is 0.380. The Kier molecular flexibility index (Phi) is 6.47. The van der Waals surface area contributed by atoms with Crippen molar-refractivity contribution < 1.29 is 9.18 Å². The van der Waals surface area contributed by atoms with Crippen molar-refractivity contribution >= 4 is 37.8 Å². The number of carbonyl (C=O) groups is 1. The van der Waals surface area contributed by atoms with Crippen LogP contribution in [-0.4, -0.2) is 17.8 Å². The second kappa shape index (κ2) is 7.39. The largest absolute Gasteiger partial charge is 0.351 e. The number of hydrogen-bond acceptors (Lipinski definition) is 1. The molecule has 2 nitrogen and oxygen atoms in total. The van der Waals surface area contributed by atoms with Gasteiger partial charge in [-0.2, -0.15) is 0 Å². The minimum atomic E-state index is -0.411. The molecule has 0 bridgehead atoms. The third kappa shape index (κ3) is 4.28. The van der Waals surface area contributed by atoms with E-state index in [4.69, 9.17) is 0 Å². The summed E-state index contributed by atoms with van der Waals surface area (Å²) in [5, 5.41) is 3.73. The maximum absolute atomic E-state index is 13.2. The highest BCUT2D eigenvalue weighted by atomic mass is 79.9. The zero-order chi connectivity index (χ0) is 14.5. The highest BCUT2D eigenvalue weighted by Crippen LogP contribution is 2.28. The molecule has 0 fully saturated rings. The monoisotopic (exact) mass is 393 g/mol. The Morgan fingerprint density at radius 2 is 2.00 bits per heavy atom. The molecule has 0 aromatic heterocycles. The molecule has 0 radical (unpaired) electrons. The smallest absolute Gasteiger partial charge is 0.252 e. The molecule has 1 aromatic carbocycles. The van der Waals surface area contributed by atoms with Gasteiger partial charge in [-0.15, -0.1) is 0 Å². The summed E-state index contributed by atoms with van der Waals surface area (Å²) in [7, 11) is 0. The van der Waals surface area contributed by atoms with Gasteiger partial charge in [-0.25, -0.2) is 4.39 Å². The first kappa shape index (κ1) is 16.6. The Morgan fingerprint density at radius 1 is 1.37 bits per heavy atom. The van der Waals surface area contributed by atoms with Gasteiger partial charge in [0.05, 0.1) is 5.56 Å². The van der Waals surface area contributed by atoms with Crippen LogP contribution in [0, 0.1) is 11.2 Å². The van der Waals surface area contributed by atoms with E-state index in [9.17, 15) is 9.18 Å². The van der Waals surface area contributed by atoms with Crippen LogP contribution in [0.4, 0.5) is 4.39 Å². The molecule has 0 aliphatic rings. The van der Waals surface area contributed by atoms with E-state index in [2.05, 4.69) is 51.0 Å². The Balaban J connectivity index is 2.77. The van der Waals surface area contributed by atoms with Crippen molar-refractivity contribution in [3.05, 3.63) is 34.1 Å². The van der Waals surface area contributed by atoms with Crippen molar-refractivity contribution in [2.75, 3.05) is 11.9 Å². The van der Waals surface area contributed by atoms with Crippen LogP contribution in [0.1, 0.15) is 37.0 Å². The normalized spacial score (nSPS) is 11.4. The number of amides is 1. The van der Waals surface area contributed by atoms with Crippen molar-refractivity contribution in [2.45, 2.75) is 26.7 Å². The van der Waals surface area contributed by atoms with Crippen molar-refractivity contribution in [2.24, 2.45) is 5.41 Å². The Hall–Kier alpha value is -0.420. The standard InChI is InChI=1S/C14H18Br2FNO/c1-3-14(4-2,8-15)9-18-13(19)11-7-10(17)5-6-12(11)16/h5-7H,3-4,8-9H2,1-2H3,(H,18,19). The molecule has 0 spiro atoms. The molecule has 0 heterocycles. The average molecular weight is 395 g/mol. The van der Waals surface area contributed by atoms with Crippen LogP contribution in [0.2, 0.25) is 0 Å². The zero-order valence-corrected chi connectivity index (χ0v) is 14.3. The van der Waals surface area contributed by atoms with Crippen LogP contribution in [-0.2, 0) is 0 Å². The third-order valence-corrected chi connectivity index (χ3v) is 5.46. The van der Waals surface area contributed by atoms with E-state index in [0.717, 1.165) is 18.2 Å². The van der Waals surface area contributed by atoms with Crippen molar-refractivity contribution in [3.8, 4) is 0 Å². The van der Waals surface area contributed by atoms with Gasteiger partial charge in [0.15, 0.2) is 0 Å². The number of carbonyl (C=O) groups excluding carboxylic acids is 1. The molecule has 0 aliphatic heterocycles. The fourth-order valence-corrected chi connectivity index (χ4v) is 3.19. The molecule has 5 heteroatoms. The van der Waals surface area contributed by atoms with Crippen molar-refractivity contribution in [3.63, 3.8) is 0 Å². The minimum absolute atomic E-state index is 0.0511. The molecule has 0 saturated carbocycles. The van der Waals surface area contributed by atoms with E-state index < -0.39 is 5.82 Å². The molecule has 0 unspecified atom stereocenters. The van der Waals surface area contributed by atoms with Crippen LogP contribution >= 0.6 is 31.9 Å². The van der Waals surface area contributed by atoms with Crippen LogP contribution < -0.4 is 5.32 Å². The van der Waals surface area contributed by atoms with Gasteiger partial charge in [0.1, 0.15) is 5.82 Å². The SMILES string of the molecule is CCC(CC)(CBr)CNC(=O)c1cc(F)ccc1Br. The quantitative estimate of drug-likeness (QED) is 0.706. The fourth-order valence-electron chi connectivity index (χ4n) is 1.77. The number of alkyl halides is 1. The first-order chi connectivity index (χ1) is 8.98. The average Bonchev–Trinajstić information content (AvgIpc) is 2.43. The van der Waals surface area contributed by atoms with Gasteiger partial charge < -0.3 is 5.32 Å². The Bertz CT molecular complexity index is 439. The van der Waals surface area contributed by atoms with Gasteiger partial charge >= 0.3 is 0 Å². The first-order valence-electron chi connectivity index (χ1n) is 6.27. The summed E-state index contributed by atoms with van der Waals surface area (Å²) in [4.78, 5) is 12.1. The molecule has 1 aromatic rings. The van der Waals surface area contributed by atoms with E-state index in [1.165, 1.54) is 12.1 Å². The predicted octanol–water partition coefficient (Wildman–Crippen LogP) is 4.52. The molecule has 0 saturated heterocycles. The lowest BCUT2D eigenvalue weighted by atomic mass is 9.84. The molecule has 1 rings (SSSR count). The minimum Gasteiger partial charge on any atom is -0.351 e. The van der Waals surface area contributed by atoms with Crippen molar-refractivity contribution in [1.29, 1.82) is 0 Å². The number of benzene rings is 1. The number of rotatable bonds is 6. The van der Waals surface area contributed by atoms with Gasteiger partial charge in [-0.05, 0) is 52.4 Å². The summed E-state index contributed by atoms with van der Waals surface area (Å²) in [5.74, 6) is -0.662. The molecule has 106 valence electrons. The third-order valence-electron chi connectivity index (χ3n) is 3.58. The molecular formula is C14H18Br2FNO. The highest BCUT2D eigenvalue weighted by molar-refractivity contribution is 9.10. The maximum Gasteiger partial charge on any atom is 0.252 e. The second-order valence-electron chi connectivity index (χ2n) is 4.65. The summed E-state index contributed by atoms with van der Waals surface area (Å²) >= 11 is 6.77. The van der Waals surface area contributed by atoms with Crippen LogP contribution in [0.5, 0.6) is 0 Å². The lowest BCUT2D eigenvalue weighted by molar-refractivity contribution is 0.0931. The topological polar surface area (TPSA) is 29.1 Å². The van der Waals surface area contributed by atoms with Gasteiger partial charge in [-0.1, -0.05) is 29.8 Å². The number of nitrogens with one attached hydrogen (secondary N) is 1. The predicted molar refractivity (Wildman–Crippen MR) is 83.2 cm³/mol. The number of hydrogen-bond donors (Lipinski definition) is 1. The van der Waals surface area contributed by atoms with Crippen molar-refractivity contribution in [1.82, 2.24) is 5.32 Å². The molecule has 0 atom stereocenters. The lowest BCUT2D eigenvalue weighted by Crippen LogP contribution is -2.38. The van der Waals surface area contributed by atoms with Gasteiger partial charge in [0.2, 0.25) is 0 Å². The van der Waals surface area contributed by atoms with Crippen LogP contribution in [0.3, 0.4) is 0 Å². The van der Waals surface area contributed by atoms with E-state index in [-0.39, 0.29) is 11.3 Å². The summed E-state index contributed by atoms with van der Waals surface area (Å²) in [6, 6.07) is 4.11. The highest BCUT2D eigenvalue weighted by Gasteiger charge is 2.25. The summed E-state index contributed by atoms with van der Waals surface area (Å²) in [6.07, 6.45) is 1.94. The van der Waals surface area contributed by atoms with Gasteiger partial charge in [-0.3, -0.25) is 4.79 Å². The lowest BCUT2D eigenvalue weighted by Gasteiger charge is -2.29. The van der Waals surface area contributed by atoms with Crippen LogP contribution in [0.25, 0.3) is 0 Å². The van der Waals surface area contributed by atoms with Crippen LogP contribution in [0.15, 0.2) is 22.7 Å². The zero-order valence-electron chi connectivity index (χ0n) is 11.1. The van der Waals surface area contributed by atoms with E-state index in [1.54, 1.807) is 6.07 Å². The second-order valence-corrected chi connectivity index (χ2v) is 6.06. The molecular weight excluding hydrogens is 377 g/mol. The molecule has 1 amide bonds. The summed E-state index contributed by atoms with van der Waals surface area (Å²) in [6.45, 7) is 4.79. The molecule has 1 N–H and O–H groups in total. The fraction of sp³-hybridized carbons (Fsp3) is 0.500. The Morgan fingerprint density at radius 3 is 2.53 bits per heavy atom. The van der Waals surface area contributed by atoms with E-state index >= 15 is 0 Å². The molecule has 0 aliphatic carbocycles. The van der Waals surface area contributed by atoms with E-state index in [1.807, 2.05) is 0 Å². The van der Waals surface area contributed by atoms with E-state index in [0.29, 0.717) is 16.6 Å². The maximum atomic E-state index is 13.2. The number of halogens is 3. The van der Waals surface area contributed by atoms with Gasteiger partial charge in [0, 0.05) is 16.3 Å². The first-order valence-corrected chi connectivity index (χ1v) is 8.18. The van der Waals surface area contributed by atoms with Gasteiger partial charge in [0.25, 0.3) is 5.91 Å².